The first-order valence-corrected chi connectivity index (χ1v) is 4.86. The number of aliphatic hydroxyl groups excluding tert-OH is 3. The van der Waals surface area contributed by atoms with Crippen molar-refractivity contribution in [3.63, 3.8) is 0 Å². The Morgan fingerprint density at radius 2 is 2.00 bits per heavy atom. The summed E-state index contributed by atoms with van der Waals surface area (Å²) in [6, 6.07) is 0. The number of nitrogens with one attached hydrogen (secondary N) is 1. The van der Waals surface area contributed by atoms with Crippen LogP contribution in [0.4, 0.5) is 0 Å². The maximum Gasteiger partial charge on any atom is 0.0927 e. The van der Waals surface area contributed by atoms with Gasteiger partial charge in [0.25, 0.3) is 0 Å². The van der Waals surface area contributed by atoms with Crippen molar-refractivity contribution in [3.8, 4) is 0 Å². The minimum atomic E-state index is -0.788. The molecule has 4 heteroatoms. The van der Waals surface area contributed by atoms with Crippen LogP contribution in [0.3, 0.4) is 0 Å². The third-order valence-electron chi connectivity index (χ3n) is 3.37. The number of hydrogen-bond acceptors (Lipinski definition) is 4. The molecule has 4 N–H and O–H groups in total. The highest BCUT2D eigenvalue weighted by Gasteiger charge is 2.57. The van der Waals surface area contributed by atoms with E-state index in [2.05, 4.69) is 5.32 Å². The van der Waals surface area contributed by atoms with Crippen LogP contribution in [-0.2, 0) is 0 Å². The number of β-amino-alcohol motifs (C(OH)–C–C–N with tert-alkyl or cyclic N) is 1. The van der Waals surface area contributed by atoms with Crippen molar-refractivity contribution in [3.05, 3.63) is 0 Å². The zero-order chi connectivity index (χ0) is 9.64. The Labute approximate surface area is 77.6 Å². The van der Waals surface area contributed by atoms with Crippen molar-refractivity contribution in [2.45, 2.75) is 43.6 Å². The number of hydrogen-bond donors (Lipinski definition) is 4. The molecule has 0 amide bonds. The van der Waals surface area contributed by atoms with Crippen LogP contribution in [0.15, 0.2) is 0 Å². The van der Waals surface area contributed by atoms with Crippen LogP contribution in [-0.4, -0.2) is 45.7 Å². The molecule has 1 unspecified atom stereocenters. The Morgan fingerprint density at radius 3 is 2.46 bits per heavy atom. The summed E-state index contributed by atoms with van der Waals surface area (Å²) in [4.78, 5) is 0. The molecule has 76 valence electrons. The first-order valence-electron chi connectivity index (χ1n) is 4.86. The van der Waals surface area contributed by atoms with E-state index in [-0.39, 0.29) is 11.5 Å². The highest BCUT2D eigenvalue weighted by atomic mass is 16.3. The van der Waals surface area contributed by atoms with Crippen molar-refractivity contribution in [2.75, 3.05) is 6.54 Å². The van der Waals surface area contributed by atoms with Gasteiger partial charge in [-0.25, -0.2) is 0 Å². The summed E-state index contributed by atoms with van der Waals surface area (Å²) in [6.07, 6.45) is -0.117. The molecule has 2 aliphatic rings. The lowest BCUT2D eigenvalue weighted by molar-refractivity contribution is -0.0932. The Kier molecular flexibility index (Phi) is 2.11. The van der Waals surface area contributed by atoms with Gasteiger partial charge in [0, 0.05) is 18.0 Å². The highest BCUT2D eigenvalue weighted by Crippen LogP contribution is 2.47. The lowest BCUT2D eigenvalue weighted by atomic mass is 9.81. The van der Waals surface area contributed by atoms with Gasteiger partial charge in [-0.2, -0.15) is 0 Å². The summed E-state index contributed by atoms with van der Waals surface area (Å²) in [5, 5.41) is 31.9. The topological polar surface area (TPSA) is 72.7 Å². The maximum absolute atomic E-state index is 9.73. The molecule has 4 atom stereocenters. The molecule has 1 saturated carbocycles. The van der Waals surface area contributed by atoms with E-state index in [1.165, 1.54) is 0 Å². The Bertz CT molecular complexity index is 203. The van der Waals surface area contributed by atoms with Crippen LogP contribution >= 0.6 is 0 Å². The molecule has 1 spiro atoms. The standard InChI is InChI=1S/C9H17NO3/c1-5(11)7-8(13)6(12)4-10-9(7)2-3-9/h5-8,10-13H,2-4H2,1H3/t5-,6+,7?,8-/m0/s1. The van der Waals surface area contributed by atoms with Gasteiger partial charge in [0.05, 0.1) is 18.3 Å². The summed E-state index contributed by atoms with van der Waals surface area (Å²) >= 11 is 0. The van der Waals surface area contributed by atoms with Crippen LogP contribution in [0, 0.1) is 5.92 Å². The molecule has 0 radical (unpaired) electrons. The summed E-state index contributed by atoms with van der Waals surface area (Å²) in [6.45, 7) is 2.11. The van der Waals surface area contributed by atoms with Gasteiger partial charge in [0.1, 0.15) is 0 Å². The second kappa shape index (κ2) is 2.92. The minimum Gasteiger partial charge on any atom is -0.393 e. The zero-order valence-corrected chi connectivity index (χ0v) is 7.77. The van der Waals surface area contributed by atoms with Gasteiger partial charge >= 0.3 is 0 Å². The molecule has 4 nitrogen and oxygen atoms in total. The number of rotatable bonds is 1. The van der Waals surface area contributed by atoms with Crippen molar-refractivity contribution in [2.24, 2.45) is 5.92 Å². The van der Waals surface area contributed by atoms with Gasteiger partial charge < -0.3 is 20.6 Å². The molecule has 2 fully saturated rings. The van der Waals surface area contributed by atoms with Crippen molar-refractivity contribution in [1.82, 2.24) is 5.32 Å². The van der Waals surface area contributed by atoms with Gasteiger partial charge in [-0.1, -0.05) is 0 Å². The molecular weight excluding hydrogens is 170 g/mol. The molecule has 1 aliphatic carbocycles. The fourth-order valence-corrected chi connectivity index (χ4v) is 2.50. The smallest absolute Gasteiger partial charge is 0.0927 e. The largest absolute Gasteiger partial charge is 0.393 e. The van der Waals surface area contributed by atoms with E-state index >= 15 is 0 Å². The van der Waals surface area contributed by atoms with Crippen LogP contribution in [0.2, 0.25) is 0 Å². The van der Waals surface area contributed by atoms with Crippen molar-refractivity contribution < 1.29 is 15.3 Å². The molecule has 13 heavy (non-hydrogen) atoms. The molecule has 0 aromatic carbocycles. The number of aliphatic hydroxyl groups is 3. The second-order valence-electron chi connectivity index (χ2n) is 4.36. The normalized spacial score (nSPS) is 44.8. The minimum absolute atomic E-state index is 0.0905. The monoisotopic (exact) mass is 187 g/mol. The molecule has 0 aromatic heterocycles. The third kappa shape index (κ3) is 1.38. The van der Waals surface area contributed by atoms with Crippen LogP contribution in [0.1, 0.15) is 19.8 Å². The molecule has 1 heterocycles. The highest BCUT2D eigenvalue weighted by molar-refractivity contribution is 5.14. The average Bonchev–Trinajstić information content (AvgIpc) is 2.79. The first-order chi connectivity index (χ1) is 6.07. The van der Waals surface area contributed by atoms with E-state index in [0.717, 1.165) is 12.8 Å². The van der Waals surface area contributed by atoms with E-state index < -0.39 is 18.3 Å². The van der Waals surface area contributed by atoms with E-state index in [9.17, 15) is 15.3 Å². The lowest BCUT2D eigenvalue weighted by Crippen LogP contribution is -2.61. The van der Waals surface area contributed by atoms with Gasteiger partial charge in [-0.15, -0.1) is 0 Å². The SMILES string of the molecule is C[C@H](O)C1[C@@H](O)[C@H](O)CNC12CC2. The van der Waals surface area contributed by atoms with Crippen LogP contribution < -0.4 is 5.32 Å². The second-order valence-corrected chi connectivity index (χ2v) is 4.36. The van der Waals surface area contributed by atoms with Gasteiger partial charge in [-0.05, 0) is 19.8 Å². The Hall–Kier alpha value is -0.160. The summed E-state index contributed by atoms with van der Waals surface area (Å²) in [5.41, 5.74) is -0.0905. The van der Waals surface area contributed by atoms with E-state index in [1.54, 1.807) is 6.92 Å². The Balaban J connectivity index is 2.16. The van der Waals surface area contributed by atoms with E-state index in [1.807, 2.05) is 0 Å². The van der Waals surface area contributed by atoms with Gasteiger partial charge in [0.2, 0.25) is 0 Å². The van der Waals surface area contributed by atoms with E-state index in [4.69, 9.17) is 0 Å². The summed E-state index contributed by atoms with van der Waals surface area (Å²) in [5.74, 6) is -0.226. The van der Waals surface area contributed by atoms with Crippen LogP contribution in [0.5, 0.6) is 0 Å². The third-order valence-corrected chi connectivity index (χ3v) is 3.37. The molecule has 0 bridgehead atoms. The quantitative estimate of drug-likeness (QED) is 0.418. The summed E-state index contributed by atoms with van der Waals surface area (Å²) in [7, 11) is 0. The molecule has 2 rings (SSSR count). The van der Waals surface area contributed by atoms with E-state index in [0.29, 0.717) is 6.54 Å². The average molecular weight is 187 g/mol. The Morgan fingerprint density at radius 1 is 1.38 bits per heavy atom. The lowest BCUT2D eigenvalue weighted by Gasteiger charge is -2.41. The first kappa shape index (κ1) is 9.40. The predicted molar refractivity (Wildman–Crippen MR) is 47.2 cm³/mol. The fourth-order valence-electron chi connectivity index (χ4n) is 2.50. The van der Waals surface area contributed by atoms with Gasteiger partial charge in [-0.3, -0.25) is 0 Å². The number of piperidine rings is 1. The zero-order valence-electron chi connectivity index (χ0n) is 7.77. The molecule has 1 aliphatic heterocycles. The molecular formula is C9H17NO3. The van der Waals surface area contributed by atoms with Crippen molar-refractivity contribution >= 4 is 0 Å². The maximum atomic E-state index is 9.73. The fraction of sp³-hybridized carbons (Fsp3) is 1.00. The molecule has 0 aromatic rings. The van der Waals surface area contributed by atoms with Gasteiger partial charge in [0.15, 0.2) is 0 Å². The van der Waals surface area contributed by atoms with Crippen LogP contribution in [0.25, 0.3) is 0 Å². The predicted octanol–water partition coefficient (Wildman–Crippen LogP) is -1.16. The summed E-state index contributed by atoms with van der Waals surface area (Å²) < 4.78 is 0. The molecule has 1 saturated heterocycles. The van der Waals surface area contributed by atoms with Crippen molar-refractivity contribution in [1.29, 1.82) is 0 Å².